The Labute approximate surface area is 203 Å². The number of nitrogens with zero attached hydrogens (tertiary/aromatic N) is 3. The molecular weight excluding hydrogens is 472 g/mol. The van der Waals surface area contributed by atoms with Crippen LogP contribution in [0.2, 0.25) is 5.02 Å². The monoisotopic (exact) mass is 492 g/mol. The molecule has 3 aromatic heterocycles. The van der Waals surface area contributed by atoms with Gasteiger partial charge in [0.25, 0.3) is 11.1 Å². The Balaban J connectivity index is 1.63. The van der Waals surface area contributed by atoms with E-state index >= 15 is 0 Å². The highest BCUT2D eigenvalue weighted by Crippen LogP contribution is 2.21. The highest BCUT2D eigenvalue weighted by atomic mass is 35.5. The fraction of sp³-hybridized carbons (Fsp3) is 0.160. The van der Waals surface area contributed by atoms with Gasteiger partial charge < -0.3 is 9.30 Å². The van der Waals surface area contributed by atoms with E-state index in [9.17, 15) is 9.59 Å². The molecule has 0 atom stereocenters. The van der Waals surface area contributed by atoms with Crippen molar-refractivity contribution in [2.45, 2.75) is 26.7 Å². The number of benzene rings is 2. The summed E-state index contributed by atoms with van der Waals surface area (Å²) in [5, 5.41) is 6.68. The Morgan fingerprint density at radius 2 is 1.82 bits per heavy atom. The molecule has 3 heterocycles. The van der Waals surface area contributed by atoms with E-state index in [0.29, 0.717) is 33.9 Å². The molecule has 0 saturated heterocycles. The third kappa shape index (κ3) is 4.35. The summed E-state index contributed by atoms with van der Waals surface area (Å²) in [4.78, 5) is 31.2. The minimum Gasteiger partial charge on any atom is -0.371 e. The summed E-state index contributed by atoms with van der Waals surface area (Å²) in [6.07, 6.45) is 0. The van der Waals surface area contributed by atoms with Gasteiger partial charge in [0, 0.05) is 11.4 Å². The lowest BCUT2D eigenvalue weighted by Crippen LogP contribution is -2.26. The van der Waals surface area contributed by atoms with Crippen molar-refractivity contribution in [3.8, 4) is 5.69 Å². The second-order valence-electron chi connectivity index (χ2n) is 7.84. The molecule has 34 heavy (non-hydrogen) atoms. The molecule has 172 valence electrons. The summed E-state index contributed by atoms with van der Waals surface area (Å²) in [5.74, 6) is 0. The van der Waals surface area contributed by atoms with E-state index in [1.165, 1.54) is 22.1 Å². The predicted molar refractivity (Wildman–Crippen MR) is 134 cm³/mol. The second kappa shape index (κ2) is 9.42. The number of halogens is 1. The number of fused-ring (bicyclic) bond motifs is 1. The molecule has 0 saturated carbocycles. The number of aromatic nitrogens is 4. The first-order chi connectivity index (χ1) is 16.5. The number of para-hydroxylation sites is 1. The van der Waals surface area contributed by atoms with Gasteiger partial charge in [0.05, 0.1) is 57.8 Å². The lowest BCUT2D eigenvalue weighted by molar-refractivity contribution is 0.103. The van der Waals surface area contributed by atoms with Gasteiger partial charge in [-0.3, -0.25) is 14.7 Å². The summed E-state index contributed by atoms with van der Waals surface area (Å²) in [5.41, 5.74) is 2.65. The molecule has 0 aliphatic heterocycles. The van der Waals surface area contributed by atoms with Crippen LogP contribution in [0.15, 0.2) is 75.6 Å². The Hall–Kier alpha value is -3.46. The van der Waals surface area contributed by atoms with Crippen molar-refractivity contribution in [3.05, 3.63) is 114 Å². The standard InChI is InChI=1S/C25H21ClN4O3S/c1-16-27-18(15-34-16)12-29-22(14-33-13-17-7-3-2-4-8-17)24-20(11-23(29)31)28-30(25(24)32)21-10-6-5-9-19(21)26/h2-11,15,28H,12-14H2,1H3. The summed E-state index contributed by atoms with van der Waals surface area (Å²) in [6, 6.07) is 18.2. The molecule has 0 fully saturated rings. The van der Waals surface area contributed by atoms with E-state index < -0.39 is 0 Å². The summed E-state index contributed by atoms with van der Waals surface area (Å²) in [7, 11) is 0. The van der Waals surface area contributed by atoms with Gasteiger partial charge in [0.1, 0.15) is 0 Å². The number of pyridine rings is 1. The van der Waals surface area contributed by atoms with Crippen molar-refractivity contribution in [2.24, 2.45) is 0 Å². The van der Waals surface area contributed by atoms with Crippen molar-refractivity contribution in [2.75, 3.05) is 0 Å². The lowest BCUT2D eigenvalue weighted by atomic mass is 10.2. The number of hydrogen-bond acceptors (Lipinski definition) is 5. The minimum absolute atomic E-state index is 0.0835. The Kier molecular flexibility index (Phi) is 6.19. The zero-order valence-corrected chi connectivity index (χ0v) is 19.9. The number of nitrogens with one attached hydrogen (secondary N) is 1. The van der Waals surface area contributed by atoms with Crippen LogP contribution in [0.3, 0.4) is 0 Å². The van der Waals surface area contributed by atoms with E-state index in [2.05, 4.69) is 10.1 Å². The van der Waals surface area contributed by atoms with Gasteiger partial charge in [0.2, 0.25) is 0 Å². The Morgan fingerprint density at radius 3 is 2.56 bits per heavy atom. The average molecular weight is 493 g/mol. The van der Waals surface area contributed by atoms with E-state index in [1.807, 2.05) is 42.6 Å². The normalized spacial score (nSPS) is 11.4. The Morgan fingerprint density at radius 1 is 1.06 bits per heavy atom. The molecule has 9 heteroatoms. The molecule has 1 N–H and O–H groups in total. The number of aryl methyl sites for hydroxylation is 1. The van der Waals surface area contributed by atoms with Crippen LogP contribution < -0.4 is 11.1 Å². The number of H-pyrrole nitrogens is 1. The Bertz CT molecular complexity index is 1580. The molecule has 7 nitrogen and oxygen atoms in total. The van der Waals surface area contributed by atoms with Crippen LogP contribution in [-0.2, 0) is 24.5 Å². The van der Waals surface area contributed by atoms with Crippen molar-refractivity contribution in [1.29, 1.82) is 0 Å². The van der Waals surface area contributed by atoms with Crippen LogP contribution in [0.25, 0.3) is 16.6 Å². The van der Waals surface area contributed by atoms with E-state index in [1.54, 1.807) is 28.8 Å². The lowest BCUT2D eigenvalue weighted by Gasteiger charge is -2.13. The first-order valence-corrected chi connectivity index (χ1v) is 11.9. The third-order valence-corrected chi connectivity index (χ3v) is 6.64. The van der Waals surface area contributed by atoms with Crippen molar-refractivity contribution >= 4 is 33.8 Å². The van der Waals surface area contributed by atoms with Crippen molar-refractivity contribution in [1.82, 2.24) is 19.3 Å². The first kappa shape index (κ1) is 22.3. The van der Waals surface area contributed by atoms with Crippen LogP contribution in [0, 0.1) is 6.92 Å². The van der Waals surface area contributed by atoms with Crippen LogP contribution in [0.5, 0.6) is 0 Å². The van der Waals surface area contributed by atoms with Crippen LogP contribution >= 0.6 is 22.9 Å². The van der Waals surface area contributed by atoms with Gasteiger partial charge in [-0.2, -0.15) is 0 Å². The van der Waals surface area contributed by atoms with Gasteiger partial charge in [0.15, 0.2) is 0 Å². The second-order valence-corrected chi connectivity index (χ2v) is 9.31. The summed E-state index contributed by atoms with van der Waals surface area (Å²) >= 11 is 7.86. The fourth-order valence-corrected chi connectivity index (χ4v) is 4.74. The minimum atomic E-state index is -0.301. The predicted octanol–water partition coefficient (Wildman–Crippen LogP) is 4.66. The molecule has 0 spiro atoms. The largest absolute Gasteiger partial charge is 0.371 e. The zero-order valence-electron chi connectivity index (χ0n) is 18.3. The van der Waals surface area contributed by atoms with Crippen LogP contribution in [0.1, 0.15) is 22.0 Å². The molecule has 0 unspecified atom stereocenters. The number of hydrogen-bond donors (Lipinski definition) is 1. The SMILES string of the molecule is Cc1nc(Cn2c(COCc3ccccc3)c3c(=O)n(-c4ccccc4Cl)[nH]c3cc2=O)cs1. The maximum Gasteiger partial charge on any atom is 0.281 e. The highest BCUT2D eigenvalue weighted by molar-refractivity contribution is 7.09. The summed E-state index contributed by atoms with van der Waals surface area (Å²) in [6.45, 7) is 2.60. The highest BCUT2D eigenvalue weighted by Gasteiger charge is 2.19. The molecule has 2 aromatic carbocycles. The first-order valence-electron chi connectivity index (χ1n) is 10.7. The number of thiazole rings is 1. The molecule has 0 radical (unpaired) electrons. The van der Waals surface area contributed by atoms with Crippen LogP contribution in [-0.4, -0.2) is 19.3 Å². The zero-order chi connectivity index (χ0) is 23.7. The smallest absolute Gasteiger partial charge is 0.281 e. The number of aromatic amines is 1. The van der Waals surface area contributed by atoms with Crippen LogP contribution in [0.4, 0.5) is 0 Å². The van der Waals surface area contributed by atoms with E-state index in [4.69, 9.17) is 16.3 Å². The van der Waals surface area contributed by atoms with Crippen molar-refractivity contribution in [3.63, 3.8) is 0 Å². The molecule has 5 rings (SSSR count). The number of rotatable bonds is 7. The molecule has 0 bridgehead atoms. The topological polar surface area (TPSA) is 81.9 Å². The van der Waals surface area contributed by atoms with E-state index in [0.717, 1.165) is 16.3 Å². The van der Waals surface area contributed by atoms with Gasteiger partial charge >= 0.3 is 0 Å². The molecule has 0 aliphatic carbocycles. The molecular formula is C25H21ClN4O3S. The average Bonchev–Trinajstić information content (AvgIpc) is 3.39. The quantitative estimate of drug-likeness (QED) is 0.358. The maximum absolute atomic E-state index is 13.5. The van der Waals surface area contributed by atoms with E-state index in [-0.39, 0.29) is 24.3 Å². The molecule has 5 aromatic rings. The fourth-order valence-electron chi connectivity index (χ4n) is 3.92. The maximum atomic E-state index is 13.5. The third-order valence-electron chi connectivity index (χ3n) is 5.50. The van der Waals surface area contributed by atoms with Gasteiger partial charge in [-0.15, -0.1) is 11.3 Å². The summed E-state index contributed by atoms with van der Waals surface area (Å²) < 4.78 is 8.91. The molecule has 0 aliphatic rings. The molecule has 0 amide bonds. The van der Waals surface area contributed by atoms with Gasteiger partial charge in [-0.1, -0.05) is 54.1 Å². The van der Waals surface area contributed by atoms with Gasteiger partial charge in [-0.25, -0.2) is 9.67 Å². The van der Waals surface area contributed by atoms with Gasteiger partial charge in [-0.05, 0) is 24.6 Å². The number of ether oxygens (including phenoxy) is 1. The van der Waals surface area contributed by atoms with Crippen molar-refractivity contribution < 1.29 is 4.74 Å².